The number of aromatic nitrogens is 2. The first kappa shape index (κ1) is 31.1. The molecule has 3 heterocycles. The van der Waals surface area contributed by atoms with Gasteiger partial charge in [0.2, 0.25) is 0 Å². The molecule has 0 radical (unpaired) electrons. The summed E-state index contributed by atoms with van der Waals surface area (Å²) in [5, 5.41) is 18.3. The Morgan fingerprint density at radius 3 is 2.03 bits per heavy atom. The average molecular weight is 587 g/mol. The van der Waals surface area contributed by atoms with Crippen molar-refractivity contribution in [3.8, 4) is 11.1 Å². The minimum absolute atomic E-state index is 0.752. The van der Waals surface area contributed by atoms with E-state index in [-0.39, 0.29) is 0 Å². The first-order chi connectivity index (χ1) is 17.6. The number of rotatable bonds is 3. The fraction of sp³-hybridized carbons (Fsp3) is 0.364. The number of halogens is 7. The average Bonchev–Trinajstić information content (AvgIpc) is 3.28. The second-order valence-electron chi connectivity index (χ2n) is 7.56. The predicted octanol–water partition coefficient (Wildman–Crippen LogP) is 5.42. The number of hydrogen-bond donors (Lipinski definition) is 2. The van der Waals surface area contributed by atoms with Gasteiger partial charge in [-0.05, 0) is 24.2 Å². The molecule has 208 valence electrons. The van der Waals surface area contributed by atoms with Gasteiger partial charge in [-0.25, -0.2) is 19.6 Å². The Bertz CT molecular complexity index is 1220. The van der Waals surface area contributed by atoms with Crippen molar-refractivity contribution in [2.75, 3.05) is 37.6 Å². The van der Waals surface area contributed by atoms with Crippen molar-refractivity contribution in [3.05, 3.63) is 41.0 Å². The zero-order chi connectivity index (χ0) is 28.7. The molecule has 8 nitrogen and oxygen atoms in total. The molecule has 1 aromatic carbocycles. The van der Waals surface area contributed by atoms with Crippen LogP contribution >= 0.6 is 22.9 Å². The highest BCUT2D eigenvalue weighted by Crippen LogP contribution is 2.38. The number of aliphatic carboxylic acids is 2. The van der Waals surface area contributed by atoms with Gasteiger partial charge in [0.1, 0.15) is 17.0 Å². The number of hydrogen-bond acceptors (Lipinski definition) is 7. The number of benzene rings is 1. The molecule has 1 saturated heterocycles. The van der Waals surface area contributed by atoms with E-state index in [1.54, 1.807) is 17.7 Å². The maximum atomic E-state index is 10.6. The fourth-order valence-corrected chi connectivity index (χ4v) is 4.34. The normalized spacial score (nSPS) is 14.3. The lowest BCUT2D eigenvalue weighted by Gasteiger charge is -2.35. The Morgan fingerprint density at radius 1 is 1.00 bits per heavy atom. The number of alkyl halides is 6. The Balaban J connectivity index is 0.000000301. The smallest absolute Gasteiger partial charge is 0.475 e. The Kier molecular flexibility index (Phi) is 10.7. The number of nitrogens with zero attached hydrogens (tertiary/aromatic N) is 4. The third-order valence-corrected chi connectivity index (χ3v) is 6.21. The van der Waals surface area contributed by atoms with E-state index < -0.39 is 24.3 Å². The summed E-state index contributed by atoms with van der Waals surface area (Å²) in [6, 6.07) is 8.00. The molecule has 38 heavy (non-hydrogen) atoms. The molecule has 2 aromatic heterocycles. The third kappa shape index (κ3) is 8.70. The predicted molar refractivity (Wildman–Crippen MR) is 130 cm³/mol. The van der Waals surface area contributed by atoms with Gasteiger partial charge in [0.15, 0.2) is 0 Å². The molecule has 0 unspecified atom stereocenters. The SMILES string of the molecule is CCN1CCN(c2ncnc3scc(-c4cccc(Cl)c4)c23)CC1.O=C(O)C(F)(F)F.O=C(O)C(F)(F)F. The van der Waals surface area contributed by atoms with Crippen LogP contribution in [-0.4, -0.2) is 82.1 Å². The molecule has 1 aliphatic heterocycles. The van der Waals surface area contributed by atoms with Crippen LogP contribution in [0.1, 0.15) is 6.92 Å². The van der Waals surface area contributed by atoms with E-state index in [4.69, 9.17) is 31.4 Å². The molecule has 0 saturated carbocycles. The van der Waals surface area contributed by atoms with Crippen LogP contribution in [0.25, 0.3) is 21.3 Å². The highest BCUT2D eigenvalue weighted by Gasteiger charge is 2.38. The molecule has 16 heteroatoms. The van der Waals surface area contributed by atoms with E-state index in [0.717, 1.165) is 59.3 Å². The van der Waals surface area contributed by atoms with Crippen molar-refractivity contribution in [2.45, 2.75) is 19.3 Å². The molecule has 0 aliphatic carbocycles. The second kappa shape index (κ2) is 13.1. The fourth-order valence-electron chi connectivity index (χ4n) is 3.24. The maximum Gasteiger partial charge on any atom is 0.490 e. The first-order valence-corrected chi connectivity index (χ1v) is 12.0. The minimum atomic E-state index is -5.08. The first-order valence-electron chi connectivity index (χ1n) is 10.7. The summed E-state index contributed by atoms with van der Waals surface area (Å²) < 4.78 is 63.5. The van der Waals surface area contributed by atoms with E-state index in [9.17, 15) is 26.3 Å². The van der Waals surface area contributed by atoms with Crippen LogP contribution in [0.5, 0.6) is 0 Å². The monoisotopic (exact) mass is 586 g/mol. The van der Waals surface area contributed by atoms with Gasteiger partial charge in [-0.2, -0.15) is 26.3 Å². The van der Waals surface area contributed by atoms with Gasteiger partial charge >= 0.3 is 24.3 Å². The van der Waals surface area contributed by atoms with Crippen molar-refractivity contribution in [1.29, 1.82) is 0 Å². The number of carboxylic acids is 2. The summed E-state index contributed by atoms with van der Waals surface area (Å²) in [5.74, 6) is -4.47. The Labute approximate surface area is 221 Å². The van der Waals surface area contributed by atoms with Gasteiger partial charge in [-0.15, -0.1) is 11.3 Å². The highest BCUT2D eigenvalue weighted by molar-refractivity contribution is 7.17. The van der Waals surface area contributed by atoms with E-state index in [0.29, 0.717) is 0 Å². The van der Waals surface area contributed by atoms with E-state index in [1.807, 2.05) is 18.2 Å². The lowest BCUT2D eigenvalue weighted by Crippen LogP contribution is -2.46. The molecular weight excluding hydrogens is 566 g/mol. The Morgan fingerprint density at radius 2 is 1.55 bits per heavy atom. The zero-order valence-corrected chi connectivity index (χ0v) is 21.1. The third-order valence-electron chi connectivity index (χ3n) is 5.09. The summed E-state index contributed by atoms with van der Waals surface area (Å²) in [7, 11) is 0. The molecule has 1 fully saturated rings. The van der Waals surface area contributed by atoms with Crippen LogP contribution in [-0.2, 0) is 9.59 Å². The van der Waals surface area contributed by atoms with Gasteiger partial charge in [0.25, 0.3) is 0 Å². The standard InChI is InChI=1S/C18H19ClN4S.2C2HF3O2/c1-2-22-6-8-23(9-7-22)17-16-15(11-24-18(16)21-12-20-17)13-4-3-5-14(19)10-13;2*3-2(4,5)1(6)7/h3-5,10-12H,2,6-9H2,1H3;2*(H,6,7). The van der Waals surface area contributed by atoms with Crippen LogP contribution in [0.2, 0.25) is 5.02 Å². The van der Waals surface area contributed by atoms with Crippen LogP contribution < -0.4 is 4.90 Å². The number of carbonyl (C=O) groups is 2. The van der Waals surface area contributed by atoms with Gasteiger partial charge in [-0.1, -0.05) is 30.7 Å². The summed E-state index contributed by atoms with van der Waals surface area (Å²) in [5.41, 5.74) is 2.29. The van der Waals surface area contributed by atoms with Gasteiger partial charge < -0.3 is 20.0 Å². The topological polar surface area (TPSA) is 107 Å². The van der Waals surface area contributed by atoms with Crippen LogP contribution in [0.15, 0.2) is 36.0 Å². The lowest BCUT2D eigenvalue weighted by molar-refractivity contribution is -0.193. The highest BCUT2D eigenvalue weighted by atomic mass is 35.5. The number of carboxylic acid groups (broad SMARTS) is 2. The van der Waals surface area contributed by atoms with Gasteiger partial charge in [-0.3, -0.25) is 0 Å². The summed E-state index contributed by atoms with van der Waals surface area (Å²) in [6.45, 7) is 7.50. The van der Waals surface area contributed by atoms with Crippen LogP contribution in [0.4, 0.5) is 32.2 Å². The van der Waals surface area contributed by atoms with E-state index in [2.05, 4.69) is 38.1 Å². The van der Waals surface area contributed by atoms with Crippen molar-refractivity contribution >= 4 is 50.9 Å². The Hall–Kier alpha value is -3.17. The largest absolute Gasteiger partial charge is 0.490 e. The number of piperazine rings is 1. The number of thiophene rings is 1. The molecule has 0 bridgehead atoms. The van der Waals surface area contributed by atoms with Crippen LogP contribution in [0.3, 0.4) is 0 Å². The van der Waals surface area contributed by atoms with Crippen molar-refractivity contribution < 1.29 is 46.1 Å². The lowest BCUT2D eigenvalue weighted by atomic mass is 10.1. The van der Waals surface area contributed by atoms with E-state index in [1.165, 1.54) is 5.56 Å². The van der Waals surface area contributed by atoms with E-state index >= 15 is 0 Å². The van der Waals surface area contributed by atoms with Crippen LogP contribution in [0, 0.1) is 0 Å². The number of fused-ring (bicyclic) bond motifs is 1. The van der Waals surface area contributed by atoms with Gasteiger partial charge in [0, 0.05) is 42.1 Å². The molecule has 0 atom stereocenters. The molecule has 0 spiro atoms. The minimum Gasteiger partial charge on any atom is -0.475 e. The number of anilines is 1. The zero-order valence-electron chi connectivity index (χ0n) is 19.6. The molecule has 3 aromatic rings. The summed E-state index contributed by atoms with van der Waals surface area (Å²) >= 11 is 7.86. The molecule has 1 aliphatic rings. The maximum absolute atomic E-state index is 10.6. The summed E-state index contributed by atoms with van der Waals surface area (Å²) in [4.78, 5) is 32.8. The summed E-state index contributed by atoms with van der Waals surface area (Å²) in [6.07, 6.45) is -8.48. The molecular formula is C22H21ClF6N4O4S. The molecule has 2 N–H and O–H groups in total. The van der Waals surface area contributed by atoms with Crippen molar-refractivity contribution in [1.82, 2.24) is 14.9 Å². The number of likely N-dealkylation sites (N-methyl/N-ethyl adjacent to an activating group) is 1. The second-order valence-corrected chi connectivity index (χ2v) is 8.86. The molecule has 0 amide bonds. The van der Waals surface area contributed by atoms with Crippen molar-refractivity contribution in [2.24, 2.45) is 0 Å². The molecule has 4 rings (SSSR count). The quantitative estimate of drug-likeness (QED) is 0.392. The van der Waals surface area contributed by atoms with Gasteiger partial charge in [0.05, 0.1) is 5.39 Å². The van der Waals surface area contributed by atoms with Crippen molar-refractivity contribution in [3.63, 3.8) is 0 Å².